The Bertz CT molecular complexity index is 1070. The molecule has 174 valence electrons. The number of ether oxygens (including phenoxy) is 1. The lowest BCUT2D eigenvalue weighted by atomic mass is 9.81. The topological polar surface area (TPSA) is 55.4 Å². The summed E-state index contributed by atoms with van der Waals surface area (Å²) in [6, 6.07) is 29.2. The average molecular weight is 456 g/mol. The number of nitrogens with one attached hydrogen (secondary N) is 1. The summed E-state index contributed by atoms with van der Waals surface area (Å²) < 4.78 is 6.74. The molecule has 1 amide bonds. The summed E-state index contributed by atoms with van der Waals surface area (Å²) in [5.41, 5.74) is 2.64. The Kier molecular flexibility index (Phi) is 6.45. The van der Waals surface area contributed by atoms with E-state index in [-0.39, 0.29) is 11.8 Å². The number of quaternary nitrogens is 1. The molecule has 2 bridgehead atoms. The minimum absolute atomic E-state index is 0.0192. The van der Waals surface area contributed by atoms with Crippen LogP contribution in [-0.4, -0.2) is 48.6 Å². The minimum atomic E-state index is -0.466. The maximum absolute atomic E-state index is 13.1. The molecule has 3 heterocycles. The van der Waals surface area contributed by atoms with Gasteiger partial charge in [0.1, 0.15) is 6.54 Å². The van der Waals surface area contributed by atoms with Crippen molar-refractivity contribution in [2.75, 3.05) is 26.2 Å². The molecule has 0 saturated carbocycles. The first-order valence-electron chi connectivity index (χ1n) is 12.1. The van der Waals surface area contributed by atoms with E-state index >= 15 is 0 Å². The summed E-state index contributed by atoms with van der Waals surface area (Å²) in [6.45, 7) is 3.25. The maximum Gasteiger partial charge on any atom is 0.408 e. The van der Waals surface area contributed by atoms with Gasteiger partial charge < -0.3 is 14.5 Å². The average Bonchev–Trinajstić information content (AvgIpc) is 2.89. The number of nitrogens with zero attached hydrogens (tertiary/aromatic N) is 1. The number of hydrogen-bond donors (Lipinski definition) is 1. The van der Waals surface area contributed by atoms with Crippen molar-refractivity contribution in [1.82, 2.24) is 5.32 Å². The van der Waals surface area contributed by atoms with Gasteiger partial charge >= 0.3 is 6.09 Å². The molecule has 1 atom stereocenters. The van der Waals surface area contributed by atoms with Gasteiger partial charge in [0.2, 0.25) is 5.78 Å². The third-order valence-corrected chi connectivity index (χ3v) is 7.41. The van der Waals surface area contributed by atoms with Gasteiger partial charge in [0, 0.05) is 18.4 Å². The van der Waals surface area contributed by atoms with Crippen molar-refractivity contribution in [3.8, 4) is 0 Å². The Balaban J connectivity index is 1.27. The van der Waals surface area contributed by atoms with Crippen LogP contribution in [0.15, 0.2) is 91.0 Å². The third-order valence-electron chi connectivity index (χ3n) is 7.41. The lowest BCUT2D eigenvalue weighted by Crippen LogP contribution is -2.68. The van der Waals surface area contributed by atoms with Crippen LogP contribution in [0.4, 0.5) is 4.79 Å². The van der Waals surface area contributed by atoms with Crippen LogP contribution in [0, 0.1) is 5.92 Å². The van der Waals surface area contributed by atoms with Gasteiger partial charge in [0.05, 0.1) is 25.7 Å². The van der Waals surface area contributed by atoms with Crippen LogP contribution < -0.4 is 5.32 Å². The van der Waals surface area contributed by atoms with E-state index in [0.717, 1.165) is 53.6 Å². The van der Waals surface area contributed by atoms with E-state index in [4.69, 9.17) is 4.74 Å². The standard InChI is InChI=1S/C29H30N2O3/c32-27(23-10-4-1-5-11-23)21-31-18-16-22(17-19-31)26(20-31)30-29(33)34-28(24-12-6-2-7-13-24)25-14-8-3-9-15-25/h1-15,22,26,28H,16-21H2/p+1/t22?,26-,31?/m0/s1. The zero-order valence-electron chi connectivity index (χ0n) is 19.3. The summed E-state index contributed by atoms with van der Waals surface area (Å²) in [4.78, 5) is 26.0. The van der Waals surface area contributed by atoms with Crippen molar-refractivity contribution in [2.45, 2.75) is 25.0 Å². The summed E-state index contributed by atoms with van der Waals surface area (Å²) in [6.07, 6.45) is 1.18. The van der Waals surface area contributed by atoms with Crippen LogP contribution in [0.25, 0.3) is 0 Å². The van der Waals surface area contributed by atoms with Crippen molar-refractivity contribution < 1.29 is 18.8 Å². The second-order valence-electron chi connectivity index (χ2n) is 9.61. The second-order valence-corrected chi connectivity index (χ2v) is 9.61. The summed E-state index contributed by atoms with van der Waals surface area (Å²) in [5, 5.41) is 3.17. The van der Waals surface area contributed by atoms with Gasteiger partial charge in [-0.3, -0.25) is 4.79 Å². The molecule has 1 N–H and O–H groups in total. The Hall–Kier alpha value is -3.44. The van der Waals surface area contributed by atoms with Crippen molar-refractivity contribution in [3.63, 3.8) is 0 Å². The van der Waals surface area contributed by atoms with E-state index < -0.39 is 12.2 Å². The van der Waals surface area contributed by atoms with Gasteiger partial charge in [0.25, 0.3) is 0 Å². The maximum atomic E-state index is 13.1. The highest BCUT2D eigenvalue weighted by Gasteiger charge is 2.47. The zero-order chi connectivity index (χ0) is 23.4. The largest absolute Gasteiger partial charge is 0.436 e. The van der Waals surface area contributed by atoms with Gasteiger partial charge in [-0.1, -0.05) is 91.0 Å². The first-order valence-corrected chi connectivity index (χ1v) is 12.1. The Morgan fingerprint density at radius 2 is 1.35 bits per heavy atom. The molecule has 3 saturated heterocycles. The number of carbonyl (C=O) groups is 2. The minimum Gasteiger partial charge on any atom is -0.436 e. The number of Topliss-reactive ketones (excluding diaryl/α,β-unsaturated/α-hetero) is 1. The predicted octanol–water partition coefficient (Wildman–Crippen LogP) is 4.99. The van der Waals surface area contributed by atoms with E-state index in [9.17, 15) is 9.59 Å². The number of benzene rings is 3. The van der Waals surface area contributed by atoms with E-state index in [2.05, 4.69) is 5.32 Å². The fourth-order valence-electron chi connectivity index (χ4n) is 5.57. The number of fused-ring (bicyclic) bond motifs is 3. The van der Waals surface area contributed by atoms with Crippen molar-refractivity contribution in [1.29, 1.82) is 0 Å². The van der Waals surface area contributed by atoms with Crippen molar-refractivity contribution in [2.24, 2.45) is 5.92 Å². The third kappa shape index (κ3) is 4.90. The highest BCUT2D eigenvalue weighted by Crippen LogP contribution is 2.35. The van der Waals surface area contributed by atoms with Gasteiger partial charge in [-0.2, -0.15) is 0 Å². The van der Waals surface area contributed by atoms with Crippen LogP contribution in [0.2, 0.25) is 0 Å². The first-order chi connectivity index (χ1) is 16.6. The van der Waals surface area contributed by atoms with Crippen LogP contribution in [0.5, 0.6) is 0 Å². The lowest BCUT2D eigenvalue weighted by molar-refractivity contribution is -0.936. The number of piperidine rings is 3. The highest BCUT2D eigenvalue weighted by molar-refractivity contribution is 5.96. The van der Waals surface area contributed by atoms with E-state index in [1.807, 2.05) is 91.0 Å². The first kappa shape index (κ1) is 22.4. The van der Waals surface area contributed by atoms with Crippen molar-refractivity contribution in [3.05, 3.63) is 108 Å². The predicted molar refractivity (Wildman–Crippen MR) is 131 cm³/mol. The van der Waals surface area contributed by atoms with Crippen LogP contribution in [-0.2, 0) is 4.74 Å². The molecule has 0 aromatic heterocycles. The van der Waals surface area contributed by atoms with Crippen molar-refractivity contribution >= 4 is 11.9 Å². The monoisotopic (exact) mass is 455 g/mol. The number of ketones is 1. The molecule has 0 spiro atoms. The number of rotatable bonds is 7. The number of hydrogen-bond acceptors (Lipinski definition) is 3. The summed E-state index contributed by atoms with van der Waals surface area (Å²) in [7, 11) is 0. The van der Waals surface area contributed by atoms with Gasteiger partial charge in [-0.15, -0.1) is 0 Å². The van der Waals surface area contributed by atoms with Gasteiger partial charge in [0.15, 0.2) is 6.10 Å². The summed E-state index contributed by atoms with van der Waals surface area (Å²) >= 11 is 0. The molecule has 5 heteroatoms. The SMILES string of the molecule is O=C(N[C@H]1C[N+]2(CC(=O)c3ccccc3)CCC1CC2)OC(c1ccccc1)c1ccccc1. The smallest absolute Gasteiger partial charge is 0.408 e. The number of amides is 1. The lowest BCUT2D eigenvalue weighted by Gasteiger charge is -2.52. The number of alkyl carbamates (subject to hydrolysis) is 1. The normalized spacial score (nSPS) is 23.4. The fourth-order valence-corrected chi connectivity index (χ4v) is 5.57. The molecule has 6 rings (SSSR count). The molecular formula is C29H31N2O3+. The van der Waals surface area contributed by atoms with Gasteiger partial charge in [-0.25, -0.2) is 4.79 Å². The molecule has 3 fully saturated rings. The van der Waals surface area contributed by atoms with E-state index in [1.165, 1.54) is 0 Å². The summed E-state index contributed by atoms with van der Waals surface area (Å²) in [5.74, 6) is 0.613. The number of carbonyl (C=O) groups excluding carboxylic acids is 2. The van der Waals surface area contributed by atoms with Crippen LogP contribution in [0.1, 0.15) is 40.4 Å². The molecule has 3 aromatic rings. The molecule has 0 aliphatic carbocycles. The fraction of sp³-hybridized carbons (Fsp3) is 0.310. The Labute approximate surface area is 201 Å². The zero-order valence-corrected chi connectivity index (χ0v) is 19.3. The van der Waals surface area contributed by atoms with E-state index in [1.54, 1.807) is 0 Å². The molecule has 3 aliphatic rings. The molecule has 3 aromatic carbocycles. The Morgan fingerprint density at radius 3 is 1.91 bits per heavy atom. The Morgan fingerprint density at radius 1 is 0.824 bits per heavy atom. The quantitative estimate of drug-likeness (QED) is 0.403. The van der Waals surface area contributed by atoms with Crippen LogP contribution in [0.3, 0.4) is 0 Å². The molecule has 34 heavy (non-hydrogen) atoms. The second kappa shape index (κ2) is 9.82. The molecule has 0 radical (unpaired) electrons. The molecule has 5 nitrogen and oxygen atoms in total. The van der Waals surface area contributed by atoms with Crippen LogP contribution >= 0.6 is 0 Å². The molecular weight excluding hydrogens is 424 g/mol. The molecule has 0 unspecified atom stereocenters. The molecule has 3 aliphatic heterocycles. The van der Waals surface area contributed by atoms with Gasteiger partial charge in [-0.05, 0) is 17.0 Å². The highest BCUT2D eigenvalue weighted by atomic mass is 16.6. The van der Waals surface area contributed by atoms with E-state index in [0.29, 0.717) is 12.5 Å².